The smallest absolute Gasteiger partial charge is 0.416 e. The maximum absolute atomic E-state index is 14.2. The monoisotopic (exact) mass is 682 g/mol. The van der Waals surface area contributed by atoms with Crippen LogP contribution >= 0.6 is 0 Å². The van der Waals surface area contributed by atoms with E-state index in [1.165, 1.54) is 12.1 Å². The number of carbonyl (C=O) groups excluding carboxylic acids is 1. The molecule has 0 N–H and O–H groups in total. The van der Waals surface area contributed by atoms with Crippen molar-refractivity contribution in [3.63, 3.8) is 0 Å². The van der Waals surface area contributed by atoms with E-state index in [0.717, 1.165) is 48.3 Å². The second-order valence-corrected chi connectivity index (χ2v) is 12.1. The Hall–Kier alpha value is -5.25. The number of hydrogen-bond donors (Lipinski definition) is 0. The van der Waals surface area contributed by atoms with Crippen molar-refractivity contribution in [2.24, 2.45) is 0 Å². The minimum atomic E-state index is -4.48. The maximum Gasteiger partial charge on any atom is 0.416 e. The van der Waals surface area contributed by atoms with Crippen LogP contribution in [0.25, 0.3) is 16.6 Å². The van der Waals surface area contributed by atoms with Crippen LogP contribution in [-0.2, 0) is 35.0 Å². The Morgan fingerprint density at radius 3 is 2.30 bits per heavy atom. The first-order valence-corrected chi connectivity index (χ1v) is 16.9. The first kappa shape index (κ1) is 36.0. The highest BCUT2D eigenvalue weighted by Crippen LogP contribution is 2.30. The lowest BCUT2D eigenvalue weighted by molar-refractivity contribution is -0.137. The number of aromatic nitrogens is 3. The molecule has 0 spiro atoms. The van der Waals surface area contributed by atoms with Gasteiger partial charge in [-0.1, -0.05) is 49.4 Å². The van der Waals surface area contributed by atoms with Crippen molar-refractivity contribution in [3.8, 4) is 5.69 Å². The highest BCUT2D eigenvalue weighted by molar-refractivity contribution is 5.80. The number of pyridine rings is 1. The second kappa shape index (κ2) is 16.4. The number of ether oxygens (including phenoxy) is 1. The third-order valence-electron chi connectivity index (χ3n) is 8.58. The van der Waals surface area contributed by atoms with Crippen molar-refractivity contribution in [3.05, 3.63) is 148 Å². The maximum atomic E-state index is 14.2. The number of hydrogen-bond acceptors (Lipinski definition) is 5. The summed E-state index contributed by atoms with van der Waals surface area (Å²) in [6, 6.07) is 22.5. The molecule has 50 heavy (non-hydrogen) atoms. The van der Waals surface area contributed by atoms with Gasteiger partial charge in [0.25, 0.3) is 5.56 Å². The molecule has 0 radical (unpaired) electrons. The fourth-order valence-electron chi connectivity index (χ4n) is 5.96. The van der Waals surface area contributed by atoms with Crippen LogP contribution < -0.4 is 5.56 Å². The van der Waals surface area contributed by atoms with Crippen molar-refractivity contribution in [2.75, 3.05) is 13.2 Å². The average Bonchev–Trinajstić information content (AvgIpc) is 3.11. The van der Waals surface area contributed by atoms with Gasteiger partial charge in [0.1, 0.15) is 5.82 Å². The molecule has 0 fully saturated rings. The summed E-state index contributed by atoms with van der Waals surface area (Å²) < 4.78 is 47.0. The molecule has 0 aliphatic heterocycles. The minimum Gasteiger partial charge on any atom is -0.499 e. The van der Waals surface area contributed by atoms with E-state index in [2.05, 4.69) is 18.0 Å². The van der Waals surface area contributed by atoms with Crippen LogP contribution in [0.5, 0.6) is 0 Å². The molecule has 0 aliphatic rings. The number of halogens is 3. The summed E-state index contributed by atoms with van der Waals surface area (Å²) in [7, 11) is 0. The summed E-state index contributed by atoms with van der Waals surface area (Å²) in [5, 5.41) is 0.441. The van der Waals surface area contributed by atoms with Crippen LogP contribution in [0.4, 0.5) is 13.2 Å². The van der Waals surface area contributed by atoms with E-state index in [-0.39, 0.29) is 24.4 Å². The van der Waals surface area contributed by atoms with Gasteiger partial charge in [-0.25, -0.2) is 4.98 Å². The third-order valence-corrected chi connectivity index (χ3v) is 8.58. The molecule has 1 atom stereocenters. The minimum absolute atomic E-state index is 0.127. The molecule has 3 aromatic carbocycles. The standard InChI is InChI=1S/C40H41F3N4O3/c1-4-9-34(50-5-2)22-17-29-15-20-33(21-16-29)47-38(45-36-12-7-6-11-35(36)39(47)49)28(3)46(25-23-31-10-8-24-44-27-31)37(48)26-30-13-18-32(19-14-30)40(41,42)43/h6-16,18-21,24,27-28H,4-5,17,22-23,25-26H2,1-3H3. The molecule has 0 aliphatic carbocycles. The Morgan fingerprint density at radius 2 is 1.64 bits per heavy atom. The van der Waals surface area contributed by atoms with Crippen LogP contribution in [-0.4, -0.2) is 38.5 Å². The molecule has 2 aromatic heterocycles. The van der Waals surface area contributed by atoms with E-state index in [9.17, 15) is 22.8 Å². The topological polar surface area (TPSA) is 77.3 Å². The molecule has 0 bridgehead atoms. The van der Waals surface area contributed by atoms with E-state index in [0.29, 0.717) is 41.0 Å². The average molecular weight is 683 g/mol. The van der Waals surface area contributed by atoms with Crippen molar-refractivity contribution in [1.29, 1.82) is 0 Å². The molecule has 10 heteroatoms. The summed E-state index contributed by atoms with van der Waals surface area (Å²) in [4.78, 5) is 39.0. The van der Waals surface area contributed by atoms with Crippen LogP contribution in [0.3, 0.4) is 0 Å². The summed E-state index contributed by atoms with van der Waals surface area (Å²) in [5.74, 6) is 1.02. The first-order valence-electron chi connectivity index (χ1n) is 16.9. The molecular weight excluding hydrogens is 641 g/mol. The van der Waals surface area contributed by atoms with Gasteiger partial charge < -0.3 is 9.64 Å². The van der Waals surface area contributed by atoms with Gasteiger partial charge in [-0.2, -0.15) is 13.2 Å². The molecular formula is C40H41F3N4O3. The number of rotatable bonds is 14. The lowest BCUT2D eigenvalue weighted by Gasteiger charge is -2.31. The van der Waals surface area contributed by atoms with E-state index in [1.54, 1.807) is 40.1 Å². The fourth-order valence-corrected chi connectivity index (χ4v) is 5.96. The Labute approximate surface area is 290 Å². The molecule has 5 aromatic rings. The predicted octanol–water partition coefficient (Wildman–Crippen LogP) is 8.44. The second-order valence-electron chi connectivity index (χ2n) is 12.1. The number of para-hydroxylation sites is 1. The van der Waals surface area contributed by atoms with E-state index in [1.807, 2.05) is 56.3 Å². The molecule has 0 saturated carbocycles. The molecule has 7 nitrogen and oxygen atoms in total. The van der Waals surface area contributed by atoms with Gasteiger partial charge in [0.05, 0.1) is 47.0 Å². The molecule has 2 heterocycles. The Morgan fingerprint density at radius 1 is 0.920 bits per heavy atom. The van der Waals surface area contributed by atoms with E-state index < -0.39 is 17.8 Å². The predicted molar refractivity (Wildman–Crippen MR) is 189 cm³/mol. The van der Waals surface area contributed by atoms with Gasteiger partial charge in [0.2, 0.25) is 5.91 Å². The van der Waals surface area contributed by atoms with Gasteiger partial charge in [-0.05, 0) is 98.3 Å². The number of benzene rings is 3. The Bertz CT molecular complexity index is 1970. The van der Waals surface area contributed by atoms with E-state index in [4.69, 9.17) is 9.72 Å². The first-order chi connectivity index (χ1) is 24.1. The molecule has 260 valence electrons. The summed E-state index contributed by atoms with van der Waals surface area (Å²) in [6.07, 6.45) is 3.76. The van der Waals surface area contributed by atoms with Gasteiger partial charge in [0.15, 0.2) is 0 Å². The van der Waals surface area contributed by atoms with Crippen LogP contribution in [0.15, 0.2) is 114 Å². The zero-order valence-corrected chi connectivity index (χ0v) is 28.5. The van der Waals surface area contributed by atoms with Crippen LogP contribution in [0.1, 0.15) is 67.7 Å². The fraction of sp³-hybridized carbons (Fsp3) is 0.300. The van der Waals surface area contributed by atoms with Crippen molar-refractivity contribution < 1.29 is 22.7 Å². The number of nitrogens with zero attached hydrogens (tertiary/aromatic N) is 4. The number of allylic oxidation sites excluding steroid dienone is 2. The van der Waals surface area contributed by atoms with Gasteiger partial charge >= 0.3 is 6.18 Å². The number of alkyl halides is 3. The van der Waals surface area contributed by atoms with Crippen LogP contribution in [0, 0.1) is 0 Å². The van der Waals surface area contributed by atoms with Gasteiger partial charge in [-0.3, -0.25) is 19.1 Å². The third kappa shape index (κ3) is 8.85. The molecule has 5 rings (SSSR count). The zero-order chi connectivity index (χ0) is 35.7. The molecule has 0 saturated heterocycles. The number of carbonyl (C=O) groups is 1. The normalized spacial score (nSPS) is 12.6. The molecule has 1 unspecified atom stereocenters. The largest absolute Gasteiger partial charge is 0.499 e. The quantitative estimate of drug-likeness (QED) is 0.110. The lowest BCUT2D eigenvalue weighted by Crippen LogP contribution is -2.39. The van der Waals surface area contributed by atoms with Gasteiger partial charge in [-0.15, -0.1) is 0 Å². The van der Waals surface area contributed by atoms with Crippen molar-refractivity contribution in [2.45, 2.75) is 65.1 Å². The highest BCUT2D eigenvalue weighted by Gasteiger charge is 2.31. The SMILES string of the molecule is CCC=C(CCc1ccc(-n2c(C(C)N(CCc3cccnc3)C(=O)Cc3ccc(C(F)(F)F)cc3)nc3ccccc3c2=O)cc1)OCC. The van der Waals surface area contributed by atoms with Crippen molar-refractivity contribution in [1.82, 2.24) is 19.4 Å². The van der Waals surface area contributed by atoms with E-state index >= 15 is 0 Å². The Balaban J connectivity index is 1.51. The lowest BCUT2D eigenvalue weighted by atomic mass is 10.1. The van der Waals surface area contributed by atoms with Crippen molar-refractivity contribution >= 4 is 16.8 Å². The molecule has 1 amide bonds. The summed E-state index contributed by atoms with van der Waals surface area (Å²) in [5.41, 5.74) is 2.50. The summed E-state index contributed by atoms with van der Waals surface area (Å²) >= 11 is 0. The van der Waals surface area contributed by atoms with Crippen LogP contribution in [0.2, 0.25) is 0 Å². The zero-order valence-electron chi connectivity index (χ0n) is 28.5. The Kier molecular flexibility index (Phi) is 11.8. The number of fused-ring (bicyclic) bond motifs is 1. The summed E-state index contributed by atoms with van der Waals surface area (Å²) in [6.45, 7) is 6.74. The van der Waals surface area contributed by atoms with Gasteiger partial charge in [0, 0.05) is 25.4 Å². The number of aryl methyl sites for hydroxylation is 1. The number of amides is 1. The highest BCUT2D eigenvalue weighted by atomic mass is 19.4.